The minimum atomic E-state index is 0.553. The molecule has 1 heterocycles. The van der Waals surface area contributed by atoms with E-state index in [0.29, 0.717) is 5.82 Å². The summed E-state index contributed by atoms with van der Waals surface area (Å²) in [6, 6.07) is 0. The molecule has 50 valence electrons. The highest BCUT2D eigenvalue weighted by atomic mass is 79.9. The fourth-order valence-electron chi connectivity index (χ4n) is 0.574. The van der Waals surface area contributed by atoms with Gasteiger partial charge < -0.3 is 5.73 Å². The van der Waals surface area contributed by atoms with Gasteiger partial charge in [-0.15, -0.1) is 0 Å². The summed E-state index contributed by atoms with van der Waals surface area (Å²) in [6.07, 6.45) is 1.86. The smallest absolute Gasteiger partial charge is 0.159 e. The van der Waals surface area contributed by atoms with Gasteiger partial charge in [0.1, 0.15) is 0 Å². The lowest BCUT2D eigenvalue weighted by molar-refractivity contribution is 0.662. The number of nitrogens with zero attached hydrogens (tertiary/aromatic N) is 2. The number of nitrogen functional groups attached to an aromatic ring is 1. The van der Waals surface area contributed by atoms with Gasteiger partial charge in [0.05, 0.1) is 4.47 Å². The maximum Gasteiger partial charge on any atom is 0.159 e. The van der Waals surface area contributed by atoms with Crippen molar-refractivity contribution in [3.05, 3.63) is 10.7 Å². The minimum absolute atomic E-state index is 0.553. The number of rotatable bonds is 1. The fraction of sp³-hybridized carbons (Fsp3) is 0.400. The van der Waals surface area contributed by atoms with E-state index in [9.17, 15) is 0 Å². The van der Waals surface area contributed by atoms with Crippen LogP contribution in [0.2, 0.25) is 0 Å². The third kappa shape index (κ3) is 1.24. The molecule has 0 amide bonds. The maximum atomic E-state index is 5.44. The van der Waals surface area contributed by atoms with Crippen LogP contribution in [0, 0.1) is 0 Å². The molecule has 0 aliphatic heterocycles. The van der Waals surface area contributed by atoms with Crippen LogP contribution in [-0.4, -0.2) is 9.78 Å². The molecule has 0 aliphatic carbocycles. The first-order valence-corrected chi connectivity index (χ1v) is 3.51. The molecule has 3 nitrogen and oxygen atoms in total. The first kappa shape index (κ1) is 6.61. The lowest BCUT2D eigenvalue weighted by atomic mass is 10.6. The highest BCUT2D eigenvalue weighted by Crippen LogP contribution is 2.15. The summed E-state index contributed by atoms with van der Waals surface area (Å²) in [6.45, 7) is 2.87. The van der Waals surface area contributed by atoms with Crippen molar-refractivity contribution in [2.75, 3.05) is 5.73 Å². The highest BCUT2D eigenvalue weighted by molar-refractivity contribution is 9.10. The molecule has 0 unspecified atom stereocenters. The zero-order valence-corrected chi connectivity index (χ0v) is 6.72. The van der Waals surface area contributed by atoms with Crippen LogP contribution in [0.4, 0.5) is 5.82 Å². The SMILES string of the molecule is CCn1cc(Br)c(N)n1. The predicted octanol–water partition coefficient (Wildman–Crippen LogP) is 1.25. The Balaban J connectivity index is 2.98. The van der Waals surface area contributed by atoms with Crippen LogP contribution >= 0.6 is 15.9 Å². The molecule has 2 N–H and O–H groups in total. The van der Waals surface area contributed by atoms with E-state index in [1.807, 2.05) is 13.1 Å². The zero-order chi connectivity index (χ0) is 6.85. The average molecular weight is 190 g/mol. The third-order valence-corrected chi connectivity index (χ3v) is 1.68. The van der Waals surface area contributed by atoms with Crippen molar-refractivity contribution in [2.24, 2.45) is 0 Å². The van der Waals surface area contributed by atoms with Gasteiger partial charge in [0.25, 0.3) is 0 Å². The molecule has 4 heteroatoms. The zero-order valence-electron chi connectivity index (χ0n) is 5.13. The topological polar surface area (TPSA) is 43.8 Å². The van der Waals surface area contributed by atoms with Crippen LogP contribution in [0.3, 0.4) is 0 Å². The van der Waals surface area contributed by atoms with Gasteiger partial charge in [0, 0.05) is 12.7 Å². The van der Waals surface area contributed by atoms with Gasteiger partial charge in [-0.1, -0.05) is 0 Å². The van der Waals surface area contributed by atoms with Crippen molar-refractivity contribution < 1.29 is 0 Å². The Hall–Kier alpha value is -0.510. The number of nitrogens with two attached hydrogens (primary N) is 1. The molecule has 9 heavy (non-hydrogen) atoms. The number of halogens is 1. The summed E-state index contributed by atoms with van der Waals surface area (Å²) in [5, 5.41) is 3.98. The highest BCUT2D eigenvalue weighted by Gasteiger charge is 1.98. The number of hydrogen-bond donors (Lipinski definition) is 1. The van der Waals surface area contributed by atoms with Crippen LogP contribution < -0.4 is 5.73 Å². The number of aromatic nitrogens is 2. The Kier molecular flexibility index (Phi) is 1.75. The van der Waals surface area contributed by atoms with Crippen LogP contribution in [0.1, 0.15) is 6.92 Å². The first-order valence-electron chi connectivity index (χ1n) is 2.72. The van der Waals surface area contributed by atoms with Gasteiger partial charge >= 0.3 is 0 Å². The second-order valence-corrected chi connectivity index (χ2v) is 2.57. The molecule has 1 rings (SSSR count). The molecular formula is C5H8BrN3. The maximum absolute atomic E-state index is 5.44. The monoisotopic (exact) mass is 189 g/mol. The Morgan fingerprint density at radius 3 is 2.78 bits per heavy atom. The van der Waals surface area contributed by atoms with E-state index in [1.165, 1.54) is 0 Å². The predicted molar refractivity (Wildman–Crippen MR) is 40.0 cm³/mol. The summed E-state index contributed by atoms with van der Waals surface area (Å²) in [4.78, 5) is 0. The van der Waals surface area contributed by atoms with Crippen molar-refractivity contribution in [3.8, 4) is 0 Å². The quantitative estimate of drug-likeness (QED) is 0.724. The summed E-state index contributed by atoms with van der Waals surface area (Å²) in [5.74, 6) is 0.553. The van der Waals surface area contributed by atoms with Crippen LogP contribution in [0.5, 0.6) is 0 Å². The third-order valence-electron chi connectivity index (χ3n) is 1.07. The summed E-state index contributed by atoms with van der Waals surface area (Å²) >= 11 is 3.25. The first-order chi connectivity index (χ1) is 4.24. The van der Waals surface area contributed by atoms with Gasteiger partial charge in [-0.2, -0.15) is 5.10 Å². The van der Waals surface area contributed by atoms with Gasteiger partial charge in [-0.05, 0) is 22.9 Å². The van der Waals surface area contributed by atoms with Crippen molar-refractivity contribution in [1.29, 1.82) is 0 Å². The molecular weight excluding hydrogens is 182 g/mol. The van der Waals surface area contributed by atoms with E-state index in [2.05, 4.69) is 21.0 Å². The average Bonchev–Trinajstić information content (AvgIpc) is 2.13. The van der Waals surface area contributed by atoms with E-state index in [-0.39, 0.29) is 0 Å². The molecule has 1 aromatic heterocycles. The number of aryl methyl sites for hydroxylation is 1. The summed E-state index contributed by atoms with van der Waals surface area (Å²) in [5.41, 5.74) is 5.44. The molecule has 0 fully saturated rings. The molecule has 0 aromatic carbocycles. The Morgan fingerprint density at radius 1 is 1.89 bits per heavy atom. The standard InChI is InChI=1S/C5H8BrN3/c1-2-9-3-4(6)5(7)8-9/h3H,2H2,1H3,(H2,7,8). The normalized spacial score (nSPS) is 10.0. The fourth-order valence-corrected chi connectivity index (χ4v) is 0.890. The molecule has 0 aliphatic rings. The van der Waals surface area contributed by atoms with Crippen molar-refractivity contribution in [1.82, 2.24) is 9.78 Å². The van der Waals surface area contributed by atoms with Crippen LogP contribution in [0.15, 0.2) is 10.7 Å². The van der Waals surface area contributed by atoms with E-state index < -0.39 is 0 Å². The molecule has 1 aromatic rings. The molecule has 0 bridgehead atoms. The number of anilines is 1. The van der Waals surface area contributed by atoms with Crippen molar-refractivity contribution in [3.63, 3.8) is 0 Å². The van der Waals surface area contributed by atoms with Gasteiger partial charge in [-0.3, -0.25) is 4.68 Å². The second-order valence-electron chi connectivity index (χ2n) is 1.72. The van der Waals surface area contributed by atoms with Crippen LogP contribution in [0.25, 0.3) is 0 Å². The van der Waals surface area contributed by atoms with E-state index in [4.69, 9.17) is 5.73 Å². The van der Waals surface area contributed by atoms with E-state index in [1.54, 1.807) is 4.68 Å². The Labute approximate surface area is 62.0 Å². The van der Waals surface area contributed by atoms with Gasteiger partial charge in [0.15, 0.2) is 5.82 Å². The largest absolute Gasteiger partial charge is 0.381 e. The van der Waals surface area contributed by atoms with Gasteiger partial charge in [-0.25, -0.2) is 0 Å². The Morgan fingerprint density at radius 2 is 2.56 bits per heavy atom. The second kappa shape index (κ2) is 2.39. The van der Waals surface area contributed by atoms with E-state index in [0.717, 1.165) is 11.0 Å². The Bertz CT molecular complexity index is 186. The van der Waals surface area contributed by atoms with Gasteiger partial charge in [0.2, 0.25) is 0 Å². The van der Waals surface area contributed by atoms with Crippen molar-refractivity contribution in [2.45, 2.75) is 13.5 Å². The summed E-state index contributed by atoms with van der Waals surface area (Å²) < 4.78 is 2.64. The molecule has 0 saturated heterocycles. The number of hydrogen-bond acceptors (Lipinski definition) is 2. The van der Waals surface area contributed by atoms with Crippen molar-refractivity contribution >= 4 is 21.7 Å². The molecule has 0 atom stereocenters. The van der Waals surface area contributed by atoms with Crippen LogP contribution in [-0.2, 0) is 6.54 Å². The minimum Gasteiger partial charge on any atom is -0.381 e. The lowest BCUT2D eigenvalue weighted by Gasteiger charge is -1.88. The lowest BCUT2D eigenvalue weighted by Crippen LogP contribution is -1.95. The summed E-state index contributed by atoms with van der Waals surface area (Å²) in [7, 11) is 0. The molecule has 0 radical (unpaired) electrons. The van der Waals surface area contributed by atoms with E-state index >= 15 is 0 Å². The molecule has 0 saturated carbocycles. The molecule has 0 spiro atoms.